The molecular formula is C20H22F3N3O. The molecule has 1 amide bonds. The number of benzene rings is 2. The maximum Gasteiger partial charge on any atom is 0.416 e. The summed E-state index contributed by atoms with van der Waals surface area (Å²) in [6.45, 7) is 3.34. The van der Waals surface area contributed by atoms with Gasteiger partial charge in [-0.1, -0.05) is 18.2 Å². The molecule has 0 bridgehead atoms. The van der Waals surface area contributed by atoms with E-state index in [1.165, 1.54) is 0 Å². The Kier molecular flexibility index (Phi) is 5.41. The number of hydrogen-bond acceptors (Lipinski definition) is 3. The molecule has 2 aromatic carbocycles. The molecular weight excluding hydrogens is 355 g/mol. The van der Waals surface area contributed by atoms with Crippen LogP contribution < -0.4 is 10.6 Å². The predicted molar refractivity (Wildman–Crippen MR) is 100 cm³/mol. The van der Waals surface area contributed by atoms with E-state index < -0.39 is 17.6 Å². The topological polar surface area (TPSA) is 44.4 Å². The van der Waals surface area contributed by atoms with Crippen LogP contribution in [0.15, 0.2) is 42.5 Å². The molecule has 0 aliphatic carbocycles. The van der Waals surface area contributed by atoms with Crippen LogP contribution >= 0.6 is 0 Å². The molecule has 1 fully saturated rings. The third-order valence-electron chi connectivity index (χ3n) is 4.69. The number of likely N-dealkylation sites (tertiary alicyclic amines) is 1. The van der Waals surface area contributed by atoms with Crippen molar-refractivity contribution in [3.63, 3.8) is 0 Å². The van der Waals surface area contributed by atoms with Gasteiger partial charge in [0, 0.05) is 18.2 Å². The maximum absolute atomic E-state index is 13.3. The van der Waals surface area contributed by atoms with Crippen LogP contribution in [0.1, 0.15) is 27.9 Å². The quantitative estimate of drug-likeness (QED) is 0.831. The number of hydrogen-bond donors (Lipinski definition) is 2. The Morgan fingerprint density at radius 3 is 2.48 bits per heavy atom. The Morgan fingerprint density at radius 1 is 1.19 bits per heavy atom. The molecule has 0 spiro atoms. The highest BCUT2D eigenvalue weighted by Crippen LogP contribution is 2.37. The van der Waals surface area contributed by atoms with Crippen LogP contribution in [-0.4, -0.2) is 37.0 Å². The number of carbonyl (C=O) groups is 1. The number of rotatable bonds is 4. The van der Waals surface area contributed by atoms with Crippen molar-refractivity contribution in [1.29, 1.82) is 0 Å². The number of halogens is 3. The smallest absolute Gasteiger partial charge is 0.379 e. The SMILES string of the molecule is Cc1cc(C(F)(F)F)cc(NC(=O)c2ccccc2)c1NC1CCN(C)C1. The van der Waals surface area contributed by atoms with Gasteiger partial charge in [0.2, 0.25) is 0 Å². The van der Waals surface area contributed by atoms with E-state index in [9.17, 15) is 18.0 Å². The first-order valence-corrected chi connectivity index (χ1v) is 8.77. The minimum Gasteiger partial charge on any atom is -0.379 e. The van der Waals surface area contributed by atoms with Gasteiger partial charge in [-0.05, 0) is 56.8 Å². The van der Waals surface area contributed by atoms with Crippen molar-refractivity contribution in [3.8, 4) is 0 Å². The molecule has 7 heteroatoms. The second-order valence-corrected chi connectivity index (χ2v) is 6.93. The van der Waals surface area contributed by atoms with Gasteiger partial charge in [0.25, 0.3) is 5.91 Å². The average Bonchev–Trinajstić information content (AvgIpc) is 3.02. The van der Waals surface area contributed by atoms with Gasteiger partial charge in [-0.3, -0.25) is 4.79 Å². The number of carbonyl (C=O) groups excluding carboxylic acids is 1. The molecule has 1 saturated heterocycles. The monoisotopic (exact) mass is 377 g/mol. The summed E-state index contributed by atoms with van der Waals surface area (Å²) in [6, 6.07) is 10.7. The lowest BCUT2D eigenvalue weighted by Gasteiger charge is -2.22. The van der Waals surface area contributed by atoms with Crippen LogP contribution in [-0.2, 0) is 6.18 Å². The first-order chi connectivity index (χ1) is 12.7. The number of amides is 1. The number of nitrogens with zero attached hydrogens (tertiary/aromatic N) is 1. The molecule has 1 aliphatic rings. The van der Waals surface area contributed by atoms with Crippen molar-refractivity contribution in [1.82, 2.24) is 4.90 Å². The first kappa shape index (κ1) is 19.2. The van der Waals surface area contributed by atoms with E-state index in [-0.39, 0.29) is 11.7 Å². The zero-order chi connectivity index (χ0) is 19.6. The molecule has 0 radical (unpaired) electrons. The van der Waals surface area contributed by atoms with Gasteiger partial charge in [0.15, 0.2) is 0 Å². The summed E-state index contributed by atoms with van der Waals surface area (Å²) < 4.78 is 39.8. The Balaban J connectivity index is 1.94. The Hall–Kier alpha value is -2.54. The lowest BCUT2D eigenvalue weighted by Crippen LogP contribution is -2.25. The zero-order valence-electron chi connectivity index (χ0n) is 15.2. The third-order valence-corrected chi connectivity index (χ3v) is 4.69. The third kappa shape index (κ3) is 4.60. The Morgan fingerprint density at radius 2 is 1.89 bits per heavy atom. The van der Waals surface area contributed by atoms with Crippen molar-refractivity contribution >= 4 is 17.3 Å². The number of alkyl halides is 3. The maximum atomic E-state index is 13.3. The minimum absolute atomic E-state index is 0.123. The molecule has 144 valence electrons. The van der Waals surface area contributed by atoms with Crippen LogP contribution in [0.4, 0.5) is 24.5 Å². The van der Waals surface area contributed by atoms with Gasteiger partial charge in [0.1, 0.15) is 0 Å². The number of aryl methyl sites for hydroxylation is 1. The first-order valence-electron chi connectivity index (χ1n) is 8.77. The zero-order valence-corrected chi connectivity index (χ0v) is 15.2. The molecule has 1 heterocycles. The normalized spacial score (nSPS) is 17.7. The molecule has 2 N–H and O–H groups in total. The second-order valence-electron chi connectivity index (χ2n) is 6.93. The van der Waals surface area contributed by atoms with E-state index in [0.29, 0.717) is 16.8 Å². The summed E-state index contributed by atoms with van der Waals surface area (Å²) in [4.78, 5) is 14.7. The second kappa shape index (κ2) is 7.60. The largest absolute Gasteiger partial charge is 0.416 e. The fourth-order valence-corrected chi connectivity index (χ4v) is 3.28. The van der Waals surface area contributed by atoms with Gasteiger partial charge < -0.3 is 15.5 Å². The molecule has 3 rings (SSSR count). The summed E-state index contributed by atoms with van der Waals surface area (Å²) >= 11 is 0. The van der Waals surface area contributed by atoms with E-state index >= 15 is 0 Å². The van der Waals surface area contributed by atoms with Gasteiger partial charge in [-0.15, -0.1) is 0 Å². The average molecular weight is 377 g/mol. The summed E-state index contributed by atoms with van der Waals surface area (Å²) in [6.07, 6.45) is -3.59. The predicted octanol–water partition coefficient (Wildman–Crippen LogP) is 4.38. The van der Waals surface area contributed by atoms with Gasteiger partial charge in [-0.25, -0.2) is 0 Å². The van der Waals surface area contributed by atoms with Crippen LogP contribution in [0, 0.1) is 6.92 Å². The van der Waals surface area contributed by atoms with E-state index in [1.54, 1.807) is 37.3 Å². The van der Waals surface area contributed by atoms with E-state index in [1.807, 2.05) is 7.05 Å². The van der Waals surface area contributed by atoms with E-state index in [4.69, 9.17) is 0 Å². The van der Waals surface area contributed by atoms with Gasteiger partial charge in [-0.2, -0.15) is 13.2 Å². The molecule has 0 aromatic heterocycles. The van der Waals surface area contributed by atoms with E-state index in [0.717, 1.165) is 31.6 Å². The van der Waals surface area contributed by atoms with Crippen LogP contribution in [0.2, 0.25) is 0 Å². The molecule has 1 aliphatic heterocycles. The van der Waals surface area contributed by atoms with Crippen LogP contribution in [0.25, 0.3) is 0 Å². The Labute approximate surface area is 156 Å². The van der Waals surface area contributed by atoms with Crippen molar-refractivity contribution in [2.45, 2.75) is 25.6 Å². The molecule has 4 nitrogen and oxygen atoms in total. The lowest BCUT2D eigenvalue weighted by molar-refractivity contribution is -0.137. The molecule has 0 saturated carbocycles. The highest BCUT2D eigenvalue weighted by atomic mass is 19.4. The fourth-order valence-electron chi connectivity index (χ4n) is 3.28. The van der Waals surface area contributed by atoms with Crippen molar-refractivity contribution in [2.75, 3.05) is 30.8 Å². The molecule has 27 heavy (non-hydrogen) atoms. The summed E-state index contributed by atoms with van der Waals surface area (Å²) in [7, 11) is 2.00. The summed E-state index contributed by atoms with van der Waals surface area (Å²) in [5.41, 5.74) is 0.734. The van der Waals surface area contributed by atoms with Crippen molar-refractivity contribution < 1.29 is 18.0 Å². The highest BCUT2D eigenvalue weighted by molar-refractivity contribution is 6.06. The fraction of sp³-hybridized carbons (Fsp3) is 0.350. The highest BCUT2D eigenvalue weighted by Gasteiger charge is 2.32. The summed E-state index contributed by atoms with van der Waals surface area (Å²) in [5.74, 6) is -0.444. The minimum atomic E-state index is -4.48. The number of nitrogens with one attached hydrogen (secondary N) is 2. The standard InChI is InChI=1S/C20H22F3N3O/c1-13-10-15(20(21,22)23)11-17(18(13)24-16-8-9-26(2)12-16)25-19(27)14-6-4-3-5-7-14/h3-7,10-11,16,24H,8-9,12H2,1-2H3,(H,25,27). The molecule has 1 unspecified atom stereocenters. The molecule has 1 atom stereocenters. The van der Waals surface area contributed by atoms with Gasteiger partial charge in [0.05, 0.1) is 16.9 Å². The Bertz CT molecular complexity index is 821. The van der Waals surface area contributed by atoms with Crippen molar-refractivity contribution in [2.24, 2.45) is 0 Å². The van der Waals surface area contributed by atoms with Crippen molar-refractivity contribution in [3.05, 3.63) is 59.2 Å². The lowest BCUT2D eigenvalue weighted by atomic mass is 10.0. The van der Waals surface area contributed by atoms with Gasteiger partial charge >= 0.3 is 6.18 Å². The molecule has 2 aromatic rings. The summed E-state index contributed by atoms with van der Waals surface area (Å²) in [5, 5.41) is 5.97. The van der Waals surface area contributed by atoms with Crippen LogP contribution in [0.3, 0.4) is 0 Å². The number of anilines is 2. The number of likely N-dealkylation sites (N-methyl/N-ethyl adjacent to an activating group) is 1. The van der Waals surface area contributed by atoms with Crippen LogP contribution in [0.5, 0.6) is 0 Å². The van der Waals surface area contributed by atoms with E-state index in [2.05, 4.69) is 15.5 Å².